The molecule has 0 saturated heterocycles. The molecule has 8 heteroatoms. The van der Waals surface area contributed by atoms with E-state index in [1.165, 1.54) is 12.0 Å². The number of rotatable bonds is 5. The molecule has 0 radical (unpaired) electrons. The predicted octanol–water partition coefficient (Wildman–Crippen LogP) is 1.48. The van der Waals surface area contributed by atoms with E-state index in [9.17, 15) is 19.2 Å². The van der Waals surface area contributed by atoms with Crippen LogP contribution in [-0.4, -0.2) is 48.8 Å². The number of anilines is 1. The highest BCUT2D eigenvalue weighted by Crippen LogP contribution is 2.44. The Hall–Kier alpha value is -3.68. The first-order valence-electron chi connectivity index (χ1n) is 9.19. The summed E-state index contributed by atoms with van der Waals surface area (Å²) in [5, 5.41) is 2.62. The minimum atomic E-state index is -0.688. The van der Waals surface area contributed by atoms with Gasteiger partial charge in [0.05, 0.1) is 24.8 Å². The number of nitrogens with zero attached hydrogens (tertiary/aromatic N) is 2. The molecule has 29 heavy (non-hydrogen) atoms. The minimum absolute atomic E-state index is 0.0376. The van der Waals surface area contributed by atoms with Crippen LogP contribution in [-0.2, 0) is 14.3 Å². The van der Waals surface area contributed by atoms with Crippen molar-refractivity contribution in [3.8, 4) is 0 Å². The number of para-hydroxylation sites is 1. The van der Waals surface area contributed by atoms with E-state index in [1.54, 1.807) is 53.4 Å². The highest BCUT2D eigenvalue weighted by Gasteiger charge is 2.47. The molecule has 4 rings (SSSR count). The zero-order chi connectivity index (χ0) is 20.5. The van der Waals surface area contributed by atoms with Gasteiger partial charge in [0, 0.05) is 17.7 Å². The molecular weight excluding hydrogens is 374 g/mol. The lowest BCUT2D eigenvalue weighted by molar-refractivity contribution is -0.140. The van der Waals surface area contributed by atoms with E-state index in [4.69, 9.17) is 0 Å². The molecule has 8 nitrogen and oxygen atoms in total. The molecule has 1 unspecified atom stereocenters. The van der Waals surface area contributed by atoms with Gasteiger partial charge >= 0.3 is 5.97 Å². The van der Waals surface area contributed by atoms with Gasteiger partial charge in [0.2, 0.25) is 5.91 Å². The summed E-state index contributed by atoms with van der Waals surface area (Å²) in [4.78, 5) is 52.8. The Bertz CT molecular complexity index is 1020. The van der Waals surface area contributed by atoms with Gasteiger partial charge in [0.1, 0.15) is 12.7 Å². The van der Waals surface area contributed by atoms with Crippen LogP contribution in [0.5, 0.6) is 0 Å². The molecule has 0 aliphatic carbocycles. The molecule has 2 aromatic rings. The van der Waals surface area contributed by atoms with Crippen molar-refractivity contribution in [3.05, 3.63) is 65.2 Å². The van der Waals surface area contributed by atoms with Crippen molar-refractivity contribution in [2.75, 3.05) is 25.1 Å². The van der Waals surface area contributed by atoms with Gasteiger partial charge in [-0.15, -0.1) is 0 Å². The molecule has 0 aromatic heterocycles. The number of carbonyl (C=O) groups excluding carboxylic acids is 4. The number of hydrogen-bond acceptors (Lipinski definition) is 5. The molecular formula is C21H19N3O5. The van der Waals surface area contributed by atoms with Crippen molar-refractivity contribution >= 4 is 29.4 Å². The lowest BCUT2D eigenvalue weighted by atomic mass is 10.0. The molecule has 2 heterocycles. The van der Waals surface area contributed by atoms with Crippen LogP contribution < -0.4 is 10.2 Å². The zero-order valence-corrected chi connectivity index (χ0v) is 15.8. The van der Waals surface area contributed by atoms with E-state index in [-0.39, 0.29) is 31.3 Å². The Kier molecular flexibility index (Phi) is 4.75. The maximum atomic E-state index is 13.2. The maximum absolute atomic E-state index is 13.2. The fraction of sp³-hybridized carbons (Fsp3) is 0.238. The fourth-order valence-corrected chi connectivity index (χ4v) is 3.75. The number of fused-ring (bicyclic) bond motifs is 5. The number of methoxy groups -OCH3 is 1. The quantitative estimate of drug-likeness (QED) is 0.777. The summed E-state index contributed by atoms with van der Waals surface area (Å²) in [7, 11) is 1.27. The number of carbonyl (C=O) groups is 4. The normalized spacial score (nSPS) is 16.8. The van der Waals surface area contributed by atoms with Gasteiger partial charge in [0.25, 0.3) is 11.8 Å². The van der Waals surface area contributed by atoms with Crippen LogP contribution in [0.1, 0.15) is 38.9 Å². The summed E-state index contributed by atoms with van der Waals surface area (Å²) in [5.41, 5.74) is 2.10. The second kappa shape index (κ2) is 7.38. The minimum Gasteiger partial charge on any atom is -0.469 e. The third-order valence-corrected chi connectivity index (χ3v) is 5.08. The zero-order valence-electron chi connectivity index (χ0n) is 15.8. The second-order valence-electron chi connectivity index (χ2n) is 6.76. The molecule has 2 aliphatic heterocycles. The number of hydrogen-bond donors (Lipinski definition) is 1. The Morgan fingerprint density at radius 2 is 1.69 bits per heavy atom. The number of esters is 1. The van der Waals surface area contributed by atoms with Crippen LogP contribution in [0.2, 0.25) is 0 Å². The molecule has 148 valence electrons. The van der Waals surface area contributed by atoms with E-state index < -0.39 is 18.0 Å². The third-order valence-electron chi connectivity index (χ3n) is 5.08. The average Bonchev–Trinajstić information content (AvgIpc) is 3.04. The summed E-state index contributed by atoms with van der Waals surface area (Å²) in [6.45, 7) is -0.134. The van der Waals surface area contributed by atoms with E-state index in [2.05, 4.69) is 10.1 Å². The molecule has 1 atom stereocenters. The van der Waals surface area contributed by atoms with Crippen LogP contribution >= 0.6 is 0 Å². The second-order valence-corrected chi connectivity index (χ2v) is 6.76. The SMILES string of the molecule is COC(=O)CCNC(=O)CN1C(=O)c2ccccc2N2C(=O)c3ccccc3C12. The van der Waals surface area contributed by atoms with Crippen LogP contribution in [0.15, 0.2) is 48.5 Å². The average molecular weight is 393 g/mol. The van der Waals surface area contributed by atoms with Crippen LogP contribution in [0.4, 0.5) is 5.69 Å². The Labute approximate surface area is 167 Å². The first kappa shape index (κ1) is 18.7. The van der Waals surface area contributed by atoms with Crippen molar-refractivity contribution < 1.29 is 23.9 Å². The van der Waals surface area contributed by atoms with Crippen molar-refractivity contribution in [2.24, 2.45) is 0 Å². The largest absolute Gasteiger partial charge is 0.469 e. The van der Waals surface area contributed by atoms with Crippen LogP contribution in [0, 0.1) is 0 Å². The smallest absolute Gasteiger partial charge is 0.307 e. The summed E-state index contributed by atoms with van der Waals surface area (Å²) >= 11 is 0. The molecule has 3 amide bonds. The third kappa shape index (κ3) is 3.12. The van der Waals surface area contributed by atoms with Crippen molar-refractivity contribution in [2.45, 2.75) is 12.6 Å². The lowest BCUT2D eigenvalue weighted by Crippen LogP contribution is -2.51. The topological polar surface area (TPSA) is 96.0 Å². The molecule has 0 spiro atoms. The lowest BCUT2D eigenvalue weighted by Gasteiger charge is -2.40. The highest BCUT2D eigenvalue weighted by atomic mass is 16.5. The maximum Gasteiger partial charge on any atom is 0.307 e. The van der Waals surface area contributed by atoms with E-state index in [0.717, 1.165) is 0 Å². The molecule has 2 aliphatic rings. The van der Waals surface area contributed by atoms with Gasteiger partial charge in [-0.3, -0.25) is 24.1 Å². The summed E-state index contributed by atoms with van der Waals surface area (Å²) in [6.07, 6.45) is -0.650. The van der Waals surface area contributed by atoms with Crippen LogP contribution in [0.3, 0.4) is 0 Å². The van der Waals surface area contributed by atoms with E-state index in [1.807, 2.05) is 0 Å². The number of nitrogens with one attached hydrogen (secondary N) is 1. The van der Waals surface area contributed by atoms with Crippen LogP contribution in [0.25, 0.3) is 0 Å². The fourth-order valence-electron chi connectivity index (χ4n) is 3.75. The molecule has 2 aromatic carbocycles. The molecule has 1 N–H and O–H groups in total. The Balaban J connectivity index is 1.65. The van der Waals surface area contributed by atoms with Gasteiger partial charge < -0.3 is 15.0 Å². The first-order valence-corrected chi connectivity index (χ1v) is 9.19. The van der Waals surface area contributed by atoms with Crippen molar-refractivity contribution in [1.29, 1.82) is 0 Å². The first-order chi connectivity index (χ1) is 14.0. The predicted molar refractivity (Wildman–Crippen MR) is 103 cm³/mol. The standard InChI is InChI=1S/C21H19N3O5/c1-29-18(26)10-11-22-17(25)12-23-19-13-6-2-3-7-14(13)21(28)24(19)16-9-5-4-8-15(16)20(23)27/h2-9,19H,10-12H2,1H3,(H,22,25). The molecule has 0 fully saturated rings. The van der Waals surface area contributed by atoms with E-state index in [0.29, 0.717) is 22.4 Å². The van der Waals surface area contributed by atoms with Gasteiger partial charge in [-0.05, 0) is 18.2 Å². The number of benzene rings is 2. The monoisotopic (exact) mass is 393 g/mol. The van der Waals surface area contributed by atoms with Crippen molar-refractivity contribution in [1.82, 2.24) is 10.2 Å². The summed E-state index contributed by atoms with van der Waals surface area (Å²) in [5.74, 6) is -1.38. The number of ether oxygens (including phenoxy) is 1. The summed E-state index contributed by atoms with van der Waals surface area (Å²) in [6, 6.07) is 14.0. The van der Waals surface area contributed by atoms with Gasteiger partial charge in [-0.1, -0.05) is 30.3 Å². The highest BCUT2D eigenvalue weighted by molar-refractivity contribution is 6.17. The van der Waals surface area contributed by atoms with Gasteiger partial charge in [0.15, 0.2) is 0 Å². The van der Waals surface area contributed by atoms with Gasteiger partial charge in [-0.25, -0.2) is 0 Å². The molecule has 0 bridgehead atoms. The van der Waals surface area contributed by atoms with Gasteiger partial charge in [-0.2, -0.15) is 0 Å². The van der Waals surface area contributed by atoms with E-state index >= 15 is 0 Å². The number of amides is 3. The Morgan fingerprint density at radius 1 is 1.00 bits per heavy atom. The Morgan fingerprint density at radius 3 is 2.45 bits per heavy atom. The molecule has 0 saturated carbocycles. The van der Waals surface area contributed by atoms with Crippen molar-refractivity contribution in [3.63, 3.8) is 0 Å². The summed E-state index contributed by atoms with van der Waals surface area (Å²) < 4.78 is 4.55.